The van der Waals surface area contributed by atoms with Crippen LogP contribution in [-0.4, -0.2) is 44.2 Å². The van der Waals surface area contributed by atoms with Crippen LogP contribution in [0.15, 0.2) is 52.1 Å². The van der Waals surface area contributed by atoms with E-state index in [1.165, 1.54) is 6.07 Å². The summed E-state index contributed by atoms with van der Waals surface area (Å²) in [5.41, 5.74) is 0.914. The Morgan fingerprint density at radius 1 is 1.35 bits per heavy atom. The molecule has 140 valence electrons. The van der Waals surface area contributed by atoms with E-state index in [-0.39, 0.29) is 5.82 Å². The van der Waals surface area contributed by atoms with Gasteiger partial charge in [-0.05, 0) is 36.2 Å². The lowest BCUT2D eigenvalue weighted by Gasteiger charge is -2.23. The molecule has 0 radical (unpaired) electrons. The highest BCUT2D eigenvalue weighted by atomic mass is 19.1. The summed E-state index contributed by atoms with van der Waals surface area (Å²) in [4.78, 5) is 6.79. The first-order valence-electron chi connectivity index (χ1n) is 9.05. The highest BCUT2D eigenvalue weighted by Crippen LogP contribution is 2.13. The first-order chi connectivity index (χ1) is 12.7. The minimum Gasteiger partial charge on any atom is -0.469 e. The molecule has 1 aliphatic rings. The van der Waals surface area contributed by atoms with E-state index in [2.05, 4.69) is 5.32 Å². The van der Waals surface area contributed by atoms with Gasteiger partial charge in [-0.25, -0.2) is 4.39 Å². The van der Waals surface area contributed by atoms with Crippen molar-refractivity contribution in [3.8, 4) is 0 Å². The van der Waals surface area contributed by atoms with Crippen LogP contribution in [0.2, 0.25) is 0 Å². The zero-order valence-electron chi connectivity index (χ0n) is 15.2. The summed E-state index contributed by atoms with van der Waals surface area (Å²) in [6, 6.07) is 10.5. The maximum atomic E-state index is 13.4. The third-order valence-electron chi connectivity index (χ3n) is 4.43. The van der Waals surface area contributed by atoms with Crippen molar-refractivity contribution < 1.29 is 13.5 Å². The van der Waals surface area contributed by atoms with Gasteiger partial charge in [0.05, 0.1) is 12.9 Å². The average Bonchev–Trinajstić information content (AvgIpc) is 3.31. The standard InChI is InChI=1S/C20H26FN3O2/c1-24(14-16-4-2-5-18(21)12-16)20(23-13-17-8-11-25-15-17)22-9-7-19-6-3-10-26-19/h2-6,10,12,17H,7-9,11,13-15H2,1H3,(H,22,23). The molecule has 1 aliphatic heterocycles. The normalized spacial score (nSPS) is 17.5. The molecule has 0 bridgehead atoms. The third-order valence-corrected chi connectivity index (χ3v) is 4.43. The molecule has 1 aromatic carbocycles. The van der Waals surface area contributed by atoms with Crippen LogP contribution in [0.4, 0.5) is 4.39 Å². The molecule has 1 saturated heterocycles. The lowest BCUT2D eigenvalue weighted by molar-refractivity contribution is 0.187. The van der Waals surface area contributed by atoms with E-state index >= 15 is 0 Å². The van der Waals surface area contributed by atoms with Gasteiger partial charge in [-0.1, -0.05) is 12.1 Å². The zero-order valence-corrected chi connectivity index (χ0v) is 15.2. The van der Waals surface area contributed by atoms with Crippen LogP contribution in [-0.2, 0) is 17.7 Å². The van der Waals surface area contributed by atoms with Gasteiger partial charge in [-0.2, -0.15) is 0 Å². The molecule has 2 aromatic rings. The van der Waals surface area contributed by atoms with E-state index in [9.17, 15) is 4.39 Å². The van der Waals surface area contributed by atoms with Crippen molar-refractivity contribution in [1.29, 1.82) is 0 Å². The van der Waals surface area contributed by atoms with E-state index in [0.29, 0.717) is 12.5 Å². The molecule has 2 heterocycles. The zero-order chi connectivity index (χ0) is 18.2. The molecule has 3 rings (SSSR count). The highest BCUT2D eigenvalue weighted by Gasteiger charge is 2.16. The van der Waals surface area contributed by atoms with Crippen molar-refractivity contribution in [3.63, 3.8) is 0 Å². The summed E-state index contributed by atoms with van der Waals surface area (Å²) < 4.78 is 24.2. The van der Waals surface area contributed by atoms with Gasteiger partial charge >= 0.3 is 0 Å². The molecule has 26 heavy (non-hydrogen) atoms. The lowest BCUT2D eigenvalue weighted by atomic mass is 10.1. The van der Waals surface area contributed by atoms with Gasteiger partial charge in [0.2, 0.25) is 0 Å². The summed E-state index contributed by atoms with van der Waals surface area (Å²) in [5.74, 6) is 2.00. The molecule has 0 spiro atoms. The third kappa shape index (κ3) is 5.59. The van der Waals surface area contributed by atoms with Crippen molar-refractivity contribution in [2.45, 2.75) is 19.4 Å². The van der Waals surface area contributed by atoms with Gasteiger partial charge in [0.25, 0.3) is 0 Å². The minimum absolute atomic E-state index is 0.219. The monoisotopic (exact) mass is 359 g/mol. The van der Waals surface area contributed by atoms with Crippen LogP contribution in [0.1, 0.15) is 17.7 Å². The smallest absolute Gasteiger partial charge is 0.193 e. The summed E-state index contributed by atoms with van der Waals surface area (Å²) in [6.45, 7) is 3.64. The molecule has 1 atom stereocenters. The van der Waals surface area contributed by atoms with E-state index in [4.69, 9.17) is 14.1 Å². The molecule has 1 aromatic heterocycles. The van der Waals surface area contributed by atoms with Crippen molar-refractivity contribution in [3.05, 3.63) is 59.8 Å². The number of furan rings is 1. The first-order valence-corrected chi connectivity index (χ1v) is 9.05. The van der Waals surface area contributed by atoms with Crippen LogP contribution in [0.3, 0.4) is 0 Å². The highest BCUT2D eigenvalue weighted by molar-refractivity contribution is 5.79. The maximum Gasteiger partial charge on any atom is 0.193 e. The van der Waals surface area contributed by atoms with Gasteiger partial charge < -0.3 is 19.4 Å². The Morgan fingerprint density at radius 3 is 3.00 bits per heavy atom. The summed E-state index contributed by atoms with van der Waals surface area (Å²) >= 11 is 0. The number of halogens is 1. The number of hydrogen-bond donors (Lipinski definition) is 1. The van der Waals surface area contributed by atoms with Crippen LogP contribution < -0.4 is 5.32 Å². The van der Waals surface area contributed by atoms with E-state index < -0.39 is 0 Å². The van der Waals surface area contributed by atoms with E-state index in [1.807, 2.05) is 30.1 Å². The Bertz CT molecular complexity index is 697. The van der Waals surface area contributed by atoms with Gasteiger partial charge in [0, 0.05) is 45.6 Å². The van der Waals surface area contributed by atoms with Gasteiger partial charge in [-0.3, -0.25) is 4.99 Å². The number of guanidine groups is 1. The largest absolute Gasteiger partial charge is 0.469 e. The van der Waals surface area contributed by atoms with E-state index in [0.717, 1.165) is 56.4 Å². The average molecular weight is 359 g/mol. The molecule has 1 N–H and O–H groups in total. The van der Waals surface area contributed by atoms with Gasteiger partial charge in [0.1, 0.15) is 11.6 Å². The fourth-order valence-corrected chi connectivity index (χ4v) is 2.99. The second-order valence-electron chi connectivity index (χ2n) is 6.64. The van der Waals surface area contributed by atoms with Gasteiger partial charge in [-0.15, -0.1) is 0 Å². The van der Waals surface area contributed by atoms with Crippen LogP contribution in [0.5, 0.6) is 0 Å². The first kappa shape index (κ1) is 18.5. The molecular formula is C20H26FN3O2. The Hall–Kier alpha value is -2.34. The predicted molar refractivity (Wildman–Crippen MR) is 99.5 cm³/mol. The van der Waals surface area contributed by atoms with Crippen molar-refractivity contribution >= 4 is 5.96 Å². The molecule has 5 nitrogen and oxygen atoms in total. The number of hydrogen-bond acceptors (Lipinski definition) is 3. The second kappa shape index (κ2) is 9.38. The molecular weight excluding hydrogens is 333 g/mol. The summed E-state index contributed by atoms with van der Waals surface area (Å²) in [6.07, 6.45) is 3.52. The lowest BCUT2D eigenvalue weighted by Crippen LogP contribution is -2.40. The van der Waals surface area contributed by atoms with Crippen LogP contribution in [0.25, 0.3) is 0 Å². The SMILES string of the molecule is CN(Cc1cccc(F)c1)C(=NCC1CCOC1)NCCc1ccco1. The molecule has 6 heteroatoms. The minimum atomic E-state index is -0.219. The summed E-state index contributed by atoms with van der Waals surface area (Å²) in [5, 5.41) is 3.40. The fourth-order valence-electron chi connectivity index (χ4n) is 2.99. The maximum absolute atomic E-state index is 13.4. The van der Waals surface area contributed by atoms with E-state index in [1.54, 1.807) is 18.4 Å². The Kier molecular flexibility index (Phi) is 6.66. The molecule has 0 aliphatic carbocycles. The number of aliphatic imine (C=N–C) groups is 1. The van der Waals surface area contributed by atoms with Crippen molar-refractivity contribution in [2.75, 3.05) is 33.4 Å². The Labute approximate surface area is 153 Å². The Morgan fingerprint density at radius 2 is 2.27 bits per heavy atom. The predicted octanol–water partition coefficient (Wildman–Crippen LogP) is 3.08. The van der Waals surface area contributed by atoms with Crippen molar-refractivity contribution in [1.82, 2.24) is 10.2 Å². The van der Waals surface area contributed by atoms with Crippen molar-refractivity contribution in [2.24, 2.45) is 10.9 Å². The summed E-state index contributed by atoms with van der Waals surface area (Å²) in [7, 11) is 1.97. The van der Waals surface area contributed by atoms with Gasteiger partial charge in [0.15, 0.2) is 5.96 Å². The topological polar surface area (TPSA) is 50.0 Å². The number of ether oxygens (including phenoxy) is 1. The second-order valence-corrected chi connectivity index (χ2v) is 6.64. The Balaban J connectivity index is 1.60. The molecule has 1 unspecified atom stereocenters. The molecule has 0 amide bonds. The number of benzene rings is 1. The fraction of sp³-hybridized carbons (Fsp3) is 0.450. The number of nitrogens with zero attached hydrogens (tertiary/aromatic N) is 2. The quantitative estimate of drug-likeness (QED) is 0.610. The number of rotatable bonds is 7. The molecule has 1 fully saturated rings. The van der Waals surface area contributed by atoms with Crippen LogP contribution >= 0.6 is 0 Å². The molecule has 0 saturated carbocycles. The number of nitrogens with one attached hydrogen (secondary N) is 1. The van der Waals surface area contributed by atoms with Crippen LogP contribution in [0, 0.1) is 11.7 Å².